The van der Waals surface area contributed by atoms with Crippen molar-refractivity contribution in [2.24, 2.45) is 22.7 Å². The van der Waals surface area contributed by atoms with Crippen LogP contribution in [-0.4, -0.2) is 98.0 Å². The number of aliphatic hydroxyl groups is 3. The summed E-state index contributed by atoms with van der Waals surface area (Å²) < 4.78 is 27.5. The summed E-state index contributed by atoms with van der Waals surface area (Å²) >= 11 is 0. The molecule has 0 radical (unpaired) electrons. The summed E-state index contributed by atoms with van der Waals surface area (Å²) in [6.07, 6.45) is 0.912. The van der Waals surface area contributed by atoms with Gasteiger partial charge in [0.2, 0.25) is 5.78 Å². The number of benzene rings is 1. The average molecular weight is 677 g/mol. The zero-order valence-corrected chi connectivity index (χ0v) is 26.6. The number of amides is 1. The number of Topliss-reactive ketones (excluding diaryl/α,β-unsaturated/α-hetero) is 1. The lowest BCUT2D eigenvalue weighted by molar-refractivity contribution is -0.492. The Balaban J connectivity index is 1.17. The fourth-order valence-corrected chi connectivity index (χ4v) is 8.51. The van der Waals surface area contributed by atoms with E-state index in [4.69, 9.17) is 19.9 Å². The minimum atomic E-state index is -2.46. The maximum absolute atomic E-state index is 17.3. The second-order valence-corrected chi connectivity index (χ2v) is 13.4. The molecule has 0 aliphatic heterocycles. The van der Waals surface area contributed by atoms with Crippen LogP contribution >= 0.6 is 0 Å². The predicted octanol–water partition coefficient (Wildman–Crippen LogP) is 1.90. The number of carbonyl (C=O) groups is 4. The van der Waals surface area contributed by atoms with Gasteiger partial charge in [-0.05, 0) is 81.2 Å². The van der Waals surface area contributed by atoms with Crippen molar-refractivity contribution >= 4 is 23.6 Å². The van der Waals surface area contributed by atoms with Crippen LogP contribution in [0, 0.1) is 22.7 Å². The predicted molar refractivity (Wildman–Crippen MR) is 161 cm³/mol. The van der Waals surface area contributed by atoms with Gasteiger partial charge in [0.25, 0.3) is 0 Å². The third-order valence-electron chi connectivity index (χ3n) is 11.0. The van der Waals surface area contributed by atoms with E-state index in [-0.39, 0.29) is 42.8 Å². The molecule has 0 spiro atoms. The molecule has 5 rings (SSSR count). The molecule has 6 N–H and O–H groups in total. The maximum atomic E-state index is 17.3. The van der Waals surface area contributed by atoms with Crippen LogP contribution in [0.4, 0.5) is 9.18 Å². The molecule has 3 saturated carbocycles. The monoisotopic (exact) mass is 676 g/mol. The van der Waals surface area contributed by atoms with Gasteiger partial charge < -0.3 is 30.1 Å². The van der Waals surface area contributed by atoms with Crippen LogP contribution in [0.1, 0.15) is 51.5 Å². The SMILES string of the molecule is C[C@]12C=CC(=O)C=C1CC[C@H]1[C@@H]3CC(O)[C@](O)(C(=O)COC(=O)CNC(=O)Oc4cccc(CCCON(O)O)c4)[C@@]3(C)C[C@H](O)[C@@]12F. The fourth-order valence-electron chi connectivity index (χ4n) is 8.51. The number of alkyl halides is 1. The summed E-state index contributed by atoms with van der Waals surface area (Å²) in [6, 6.07) is 6.47. The first kappa shape index (κ1) is 35.7. The Bertz CT molecular complexity index is 1520. The number of ether oxygens (including phenoxy) is 2. The summed E-state index contributed by atoms with van der Waals surface area (Å²) in [5.41, 5.74) is -6.11. The Morgan fingerprint density at radius 2 is 1.88 bits per heavy atom. The molecule has 1 amide bonds. The van der Waals surface area contributed by atoms with E-state index >= 15 is 4.39 Å². The summed E-state index contributed by atoms with van der Waals surface area (Å²) in [4.78, 5) is 54.7. The van der Waals surface area contributed by atoms with Crippen molar-refractivity contribution in [1.82, 2.24) is 10.7 Å². The molecule has 0 aromatic heterocycles. The van der Waals surface area contributed by atoms with Crippen LogP contribution in [0.15, 0.2) is 48.1 Å². The zero-order chi connectivity index (χ0) is 35.1. The molecule has 262 valence electrons. The minimum absolute atomic E-state index is 0.0279. The highest BCUT2D eigenvalue weighted by Gasteiger charge is 2.76. The normalized spacial score (nSPS) is 35.3. The number of rotatable bonds is 11. The fraction of sp³-hybridized carbons (Fsp3) is 0.576. The van der Waals surface area contributed by atoms with Crippen LogP contribution < -0.4 is 10.1 Å². The summed E-state index contributed by atoms with van der Waals surface area (Å²) in [5, 5.41) is 53.2. The number of aliphatic hydroxyl groups excluding tert-OH is 2. The first-order valence-electron chi connectivity index (χ1n) is 15.8. The lowest BCUT2D eigenvalue weighted by Crippen LogP contribution is -2.69. The molecule has 0 bridgehead atoms. The molecule has 4 aliphatic rings. The Morgan fingerprint density at radius 3 is 2.60 bits per heavy atom. The Kier molecular flexibility index (Phi) is 9.96. The van der Waals surface area contributed by atoms with Gasteiger partial charge in [-0.15, -0.1) is 0 Å². The van der Waals surface area contributed by atoms with E-state index in [2.05, 4.69) is 10.2 Å². The second kappa shape index (κ2) is 13.4. The van der Waals surface area contributed by atoms with Crippen LogP contribution in [-0.2, 0) is 30.4 Å². The largest absolute Gasteiger partial charge is 0.456 e. The molecule has 1 aromatic carbocycles. The van der Waals surface area contributed by atoms with E-state index in [1.54, 1.807) is 25.1 Å². The number of aryl methyl sites for hydroxylation is 1. The van der Waals surface area contributed by atoms with Gasteiger partial charge in [-0.25, -0.2) is 9.18 Å². The third kappa shape index (κ3) is 6.08. The van der Waals surface area contributed by atoms with Crippen molar-refractivity contribution in [3.05, 3.63) is 53.6 Å². The number of allylic oxidation sites excluding steroid dienone is 4. The molecule has 8 atom stereocenters. The van der Waals surface area contributed by atoms with Crippen molar-refractivity contribution in [3.8, 4) is 5.75 Å². The highest BCUT2D eigenvalue weighted by atomic mass is 19.1. The number of ketones is 2. The Morgan fingerprint density at radius 1 is 1.12 bits per heavy atom. The Hall–Kier alpha value is -3.57. The first-order chi connectivity index (χ1) is 22.6. The maximum Gasteiger partial charge on any atom is 0.413 e. The van der Waals surface area contributed by atoms with Gasteiger partial charge in [0.05, 0.1) is 24.2 Å². The number of fused-ring (bicyclic) bond motifs is 5. The number of hydrogen-bond donors (Lipinski definition) is 6. The van der Waals surface area contributed by atoms with Gasteiger partial charge in [-0.2, -0.15) is 0 Å². The topological polar surface area (TPSA) is 212 Å². The number of nitrogens with one attached hydrogen (secondary N) is 1. The van der Waals surface area contributed by atoms with E-state index in [0.29, 0.717) is 24.8 Å². The zero-order valence-electron chi connectivity index (χ0n) is 26.6. The quantitative estimate of drug-likeness (QED) is 0.112. The highest BCUT2D eigenvalue weighted by Crippen LogP contribution is 2.69. The molecule has 4 aliphatic carbocycles. The van der Waals surface area contributed by atoms with E-state index < -0.39 is 77.1 Å². The van der Waals surface area contributed by atoms with Crippen LogP contribution in [0.25, 0.3) is 0 Å². The van der Waals surface area contributed by atoms with Crippen molar-refractivity contribution < 1.29 is 63.6 Å². The van der Waals surface area contributed by atoms with Crippen molar-refractivity contribution in [3.63, 3.8) is 0 Å². The molecule has 0 saturated heterocycles. The summed E-state index contributed by atoms with van der Waals surface area (Å²) in [7, 11) is 0. The summed E-state index contributed by atoms with van der Waals surface area (Å²) in [6.45, 7) is 1.56. The van der Waals surface area contributed by atoms with E-state index in [1.165, 1.54) is 31.2 Å². The van der Waals surface area contributed by atoms with Crippen molar-refractivity contribution in [2.75, 3.05) is 19.8 Å². The van der Waals surface area contributed by atoms with E-state index in [9.17, 15) is 34.5 Å². The first-order valence-corrected chi connectivity index (χ1v) is 15.8. The smallest absolute Gasteiger partial charge is 0.413 e. The molecule has 15 heteroatoms. The lowest BCUT2D eigenvalue weighted by Gasteiger charge is -2.62. The van der Waals surface area contributed by atoms with Gasteiger partial charge in [0.15, 0.2) is 23.7 Å². The van der Waals surface area contributed by atoms with Crippen LogP contribution in [0.5, 0.6) is 5.75 Å². The van der Waals surface area contributed by atoms with Gasteiger partial charge in [-0.3, -0.25) is 29.6 Å². The molecule has 1 aromatic rings. The number of esters is 1. The van der Waals surface area contributed by atoms with Crippen LogP contribution in [0.3, 0.4) is 0 Å². The number of nitrogens with zero attached hydrogens (tertiary/aromatic N) is 1. The van der Waals surface area contributed by atoms with E-state index in [1.807, 2.05) is 0 Å². The van der Waals surface area contributed by atoms with Crippen molar-refractivity contribution in [2.45, 2.75) is 75.9 Å². The molecule has 1 unspecified atom stereocenters. The third-order valence-corrected chi connectivity index (χ3v) is 11.0. The number of halogens is 1. The molecule has 14 nitrogen and oxygen atoms in total. The van der Waals surface area contributed by atoms with Gasteiger partial charge in [-0.1, -0.05) is 30.7 Å². The molecule has 0 heterocycles. The molecular formula is C33H41FN2O12. The van der Waals surface area contributed by atoms with Gasteiger partial charge >= 0.3 is 12.1 Å². The molecule has 48 heavy (non-hydrogen) atoms. The van der Waals surface area contributed by atoms with Gasteiger partial charge in [0, 0.05) is 16.7 Å². The number of hydrogen-bond acceptors (Lipinski definition) is 13. The number of carbonyl (C=O) groups excluding carboxylic acids is 4. The van der Waals surface area contributed by atoms with Gasteiger partial charge in [0.1, 0.15) is 12.3 Å². The van der Waals surface area contributed by atoms with Crippen LogP contribution in [0.2, 0.25) is 0 Å². The molecular weight excluding hydrogens is 635 g/mol. The Labute approximate surface area is 275 Å². The average Bonchev–Trinajstić information content (AvgIpc) is 3.23. The van der Waals surface area contributed by atoms with E-state index in [0.717, 1.165) is 5.56 Å². The molecule has 3 fully saturated rings. The summed E-state index contributed by atoms with van der Waals surface area (Å²) in [5.74, 6) is -3.72. The lowest BCUT2D eigenvalue weighted by atomic mass is 9.44. The standard InChI is InChI=1S/C33H41FN2O12/c1-30-11-10-21(37)14-20(30)8-9-23-24-15-25(38)33(43,31(24,2)16-26(39)32(23,30)34)27(40)18-46-28(41)17-35-29(42)48-22-7-3-5-19(13-22)6-4-12-47-36(44)45/h3,5,7,10-11,13-14,23-26,38-39,43-45H,4,6,8-9,12,15-18H2,1-2H3,(H,35,42)/t23-,24-,25?,26-,30-,31-,32-,33-/m0/s1. The minimum Gasteiger partial charge on any atom is -0.456 e. The highest BCUT2D eigenvalue weighted by molar-refractivity contribution is 6.01. The second-order valence-electron chi connectivity index (χ2n) is 13.4. The van der Waals surface area contributed by atoms with Crippen molar-refractivity contribution in [1.29, 1.82) is 0 Å².